The van der Waals surface area contributed by atoms with Crippen LogP contribution in [0.3, 0.4) is 0 Å². The largest absolute Gasteiger partial charge is 0.503 e. The minimum Gasteiger partial charge on any atom is -0.503 e. The first-order valence-corrected chi connectivity index (χ1v) is 23.3. The van der Waals surface area contributed by atoms with Crippen molar-refractivity contribution in [2.24, 2.45) is 11.8 Å². The number of aliphatic carboxylic acids is 2. The van der Waals surface area contributed by atoms with Crippen molar-refractivity contribution in [1.29, 1.82) is 0 Å². The van der Waals surface area contributed by atoms with Crippen LogP contribution in [0.5, 0.6) is 11.5 Å². The van der Waals surface area contributed by atoms with Gasteiger partial charge in [0, 0.05) is 52.4 Å². The predicted octanol–water partition coefficient (Wildman–Crippen LogP) is 7.17. The number of hydrogen-bond acceptors (Lipinski definition) is 10. The molecule has 3 N–H and O–H groups in total. The van der Waals surface area contributed by atoms with Crippen LogP contribution in [0.1, 0.15) is 96.9 Å². The maximum Gasteiger partial charge on any atom is 0.306 e. The summed E-state index contributed by atoms with van der Waals surface area (Å²) in [7, 11) is 3.09. The third-order valence-corrected chi connectivity index (χ3v) is 14.5. The second-order valence-corrected chi connectivity index (χ2v) is 19.4. The van der Waals surface area contributed by atoms with Gasteiger partial charge in [0.1, 0.15) is 18.2 Å². The zero-order valence-corrected chi connectivity index (χ0v) is 41.0. The number of rotatable bonds is 13. The lowest BCUT2D eigenvalue weighted by Crippen LogP contribution is -2.60. The van der Waals surface area contributed by atoms with Gasteiger partial charge in [0.25, 0.3) is 11.8 Å². The van der Waals surface area contributed by atoms with Crippen molar-refractivity contribution in [2.45, 2.75) is 69.1 Å². The van der Waals surface area contributed by atoms with Gasteiger partial charge in [0.2, 0.25) is 10.9 Å². The van der Waals surface area contributed by atoms with Crippen molar-refractivity contribution >= 4 is 70.9 Å². The lowest BCUT2D eigenvalue weighted by atomic mass is 9.66. The zero-order chi connectivity index (χ0) is 51.3. The molecule has 0 radical (unpaired) electrons. The number of likely N-dealkylation sites (N-methyl/N-ethyl adjacent to an activating group) is 2. The Balaban J connectivity index is 0.000000212. The van der Waals surface area contributed by atoms with Gasteiger partial charge in [-0.1, -0.05) is 77.8 Å². The quantitative estimate of drug-likeness (QED) is 0.0999. The molecule has 378 valence electrons. The van der Waals surface area contributed by atoms with Gasteiger partial charge in [-0.25, -0.2) is 8.78 Å². The Labute approximate surface area is 425 Å². The molecule has 2 aromatic heterocycles. The second-order valence-electron chi connectivity index (χ2n) is 18.6. The van der Waals surface area contributed by atoms with Crippen LogP contribution in [-0.2, 0) is 40.1 Å². The number of Topliss-reactive ketones (excluding diaryl/α,β-unsaturated/α-hetero) is 2. The Bertz CT molecular complexity index is 3170. The molecule has 2 fully saturated rings. The summed E-state index contributed by atoms with van der Waals surface area (Å²) in [4.78, 5) is 104. The zero-order valence-electron chi connectivity index (χ0n) is 38.7. The van der Waals surface area contributed by atoms with Gasteiger partial charge in [-0.2, -0.15) is 0 Å². The molecule has 4 aliphatic rings. The highest BCUT2D eigenvalue weighted by atomic mass is 35.5. The summed E-state index contributed by atoms with van der Waals surface area (Å²) in [6, 6.07) is 18.0. The summed E-state index contributed by atoms with van der Waals surface area (Å²) in [6.45, 7) is 0.396. The average Bonchev–Trinajstić information content (AvgIpc) is 3.31. The Morgan fingerprint density at radius 2 is 1.08 bits per heavy atom. The molecule has 3 aromatic carbocycles. The molecule has 9 rings (SSSR count). The first-order chi connectivity index (χ1) is 33.7. The molecule has 2 spiro atoms. The van der Waals surface area contributed by atoms with Gasteiger partial charge in [0.15, 0.2) is 34.5 Å². The number of amides is 2. The van der Waals surface area contributed by atoms with Gasteiger partial charge in [-0.15, -0.1) is 12.4 Å². The Kier molecular flexibility index (Phi) is 15.2. The molecule has 5 aromatic rings. The highest BCUT2D eigenvalue weighted by molar-refractivity contribution is 6.31. The maximum absolute atomic E-state index is 14.4. The standard InChI is InChI=1S/C29H26ClFN2O6.C22H20ClFN2O6.ClH/c1-32-16-29(12-19(13-29)28(37)38)33-14-20(22(34)11-10-18-8-5-9-21(30)23(18)31)25(35)26(24(33)27(32)36)39-15-17-6-3-2-4-7-17;1-25-10-22(7-12(8-22)21(31)32)26-9-13(18(28)19(29)17(26)20(25)30)15(27)6-5-11-3-2-4-14(23)16(11)24;/h2-9,14,19H,10-13,15-16H2,1H3,(H,37,38);2-4,9,12,29H,5-8,10H2,1H3,(H,31,32);1H. The van der Waals surface area contributed by atoms with E-state index in [4.69, 9.17) is 27.9 Å². The minimum atomic E-state index is -0.985. The number of aryl methyl sites for hydroxylation is 2. The van der Waals surface area contributed by atoms with E-state index < -0.39 is 86.5 Å². The van der Waals surface area contributed by atoms with Crippen molar-refractivity contribution in [1.82, 2.24) is 18.9 Å². The predicted molar refractivity (Wildman–Crippen MR) is 260 cm³/mol. The fourth-order valence-electron chi connectivity index (χ4n) is 10.1. The van der Waals surface area contributed by atoms with Crippen LogP contribution < -0.4 is 15.6 Å². The number of carbonyl (C=O) groups excluding carboxylic acids is 4. The Hall–Kier alpha value is -6.89. The number of aromatic hydroxyl groups is 1. The van der Waals surface area contributed by atoms with Crippen LogP contribution in [0, 0.1) is 23.5 Å². The number of halogens is 5. The second kappa shape index (κ2) is 20.7. The van der Waals surface area contributed by atoms with Crippen LogP contribution in [0.25, 0.3) is 0 Å². The molecule has 4 heterocycles. The number of carbonyl (C=O) groups is 6. The number of hydrogen-bond donors (Lipinski definition) is 3. The monoisotopic (exact) mass is 1050 g/mol. The summed E-state index contributed by atoms with van der Waals surface area (Å²) in [5, 5.41) is 29.2. The van der Waals surface area contributed by atoms with Crippen LogP contribution in [0.4, 0.5) is 8.78 Å². The summed E-state index contributed by atoms with van der Waals surface area (Å²) >= 11 is 11.6. The first kappa shape index (κ1) is 52.9. The maximum atomic E-state index is 14.4. The number of pyridine rings is 2. The van der Waals surface area contributed by atoms with E-state index in [2.05, 4.69) is 0 Å². The smallest absolute Gasteiger partial charge is 0.306 e. The highest BCUT2D eigenvalue weighted by Crippen LogP contribution is 2.49. The molecular weight excluding hydrogens is 1000 g/mol. The number of ether oxygens (including phenoxy) is 1. The summed E-state index contributed by atoms with van der Waals surface area (Å²) < 4.78 is 37.4. The fourth-order valence-corrected chi connectivity index (χ4v) is 10.5. The Morgan fingerprint density at radius 1 is 0.653 bits per heavy atom. The molecule has 2 aliphatic heterocycles. The third kappa shape index (κ3) is 9.74. The van der Waals surface area contributed by atoms with E-state index in [0.29, 0.717) is 0 Å². The molecule has 72 heavy (non-hydrogen) atoms. The molecule has 0 saturated heterocycles. The van der Waals surface area contributed by atoms with E-state index in [1.807, 2.05) is 18.2 Å². The van der Waals surface area contributed by atoms with E-state index in [1.165, 1.54) is 58.1 Å². The van der Waals surface area contributed by atoms with Crippen molar-refractivity contribution in [3.8, 4) is 11.5 Å². The summed E-state index contributed by atoms with van der Waals surface area (Å²) in [5.74, 6) is -7.75. The molecule has 2 amide bonds. The number of aromatic nitrogens is 2. The van der Waals surface area contributed by atoms with E-state index in [9.17, 15) is 62.5 Å². The van der Waals surface area contributed by atoms with Gasteiger partial charge in [-0.3, -0.25) is 38.4 Å². The molecule has 0 atom stereocenters. The summed E-state index contributed by atoms with van der Waals surface area (Å²) in [5.41, 5.74) is -2.93. The number of fused-ring (bicyclic) bond motifs is 4. The number of benzene rings is 3. The number of carboxylic acids is 2. The lowest BCUT2D eigenvalue weighted by Gasteiger charge is -2.53. The van der Waals surface area contributed by atoms with Crippen LogP contribution >= 0.6 is 35.6 Å². The normalized spacial score (nSPS) is 20.5. The third-order valence-electron chi connectivity index (χ3n) is 13.9. The van der Waals surface area contributed by atoms with Gasteiger partial charge in [0.05, 0.1) is 44.1 Å². The first-order valence-electron chi connectivity index (χ1n) is 22.5. The van der Waals surface area contributed by atoms with Gasteiger partial charge in [-0.05, 0) is 67.3 Å². The molecule has 2 aliphatic carbocycles. The summed E-state index contributed by atoms with van der Waals surface area (Å²) in [6.07, 6.45) is 3.04. The van der Waals surface area contributed by atoms with E-state index in [0.717, 1.165) is 5.56 Å². The van der Waals surface area contributed by atoms with E-state index >= 15 is 0 Å². The molecule has 2 saturated carbocycles. The Morgan fingerprint density at radius 3 is 1.54 bits per heavy atom. The van der Waals surface area contributed by atoms with Crippen molar-refractivity contribution in [2.75, 3.05) is 27.2 Å². The fraction of sp³-hybridized carbons (Fsp3) is 0.333. The van der Waals surface area contributed by atoms with Crippen LogP contribution in [0.15, 0.2) is 88.7 Å². The number of ketones is 2. The van der Waals surface area contributed by atoms with Crippen molar-refractivity contribution in [3.63, 3.8) is 0 Å². The molecular formula is C51H47Cl3F2N4O12. The van der Waals surface area contributed by atoms with Gasteiger partial charge >= 0.3 is 11.9 Å². The average molecular weight is 1050 g/mol. The minimum absolute atomic E-state index is 0. The van der Waals surface area contributed by atoms with Crippen LogP contribution in [-0.4, -0.2) is 96.8 Å². The number of carboxylic acid groups (broad SMARTS) is 2. The highest BCUT2D eigenvalue weighted by Gasteiger charge is 2.55. The molecule has 21 heteroatoms. The van der Waals surface area contributed by atoms with Crippen molar-refractivity contribution in [3.05, 3.63) is 160 Å². The van der Waals surface area contributed by atoms with E-state index in [-0.39, 0.29) is 133 Å². The molecule has 0 bridgehead atoms. The van der Waals surface area contributed by atoms with Crippen molar-refractivity contribution < 1.29 is 57.6 Å². The topological polar surface area (TPSA) is 223 Å². The number of nitrogens with zero attached hydrogens (tertiary/aromatic N) is 4. The van der Waals surface area contributed by atoms with Gasteiger partial charge < -0.3 is 39.0 Å². The lowest BCUT2D eigenvalue weighted by molar-refractivity contribution is -0.151. The SMILES string of the molecule is CN1CC2(CC(C(=O)O)C2)n2cc(C(=O)CCc3cccc(Cl)c3F)c(=O)c(O)c2C1=O.CN1CC2(CC(C(=O)O)C2)n2cc(C(=O)CCc3cccc(Cl)c3F)c(=O)c(OCc3ccccc3)c2C1=O.Cl. The molecule has 16 nitrogen and oxygen atoms in total. The van der Waals surface area contributed by atoms with E-state index in [1.54, 1.807) is 35.9 Å². The molecule has 0 unspecified atom stereocenters. The van der Waals surface area contributed by atoms with Crippen LogP contribution in [0.2, 0.25) is 10.0 Å².